The van der Waals surface area contributed by atoms with Crippen LogP contribution in [0.4, 0.5) is 8.78 Å². The van der Waals surface area contributed by atoms with Gasteiger partial charge in [0.25, 0.3) is 0 Å². The molecule has 1 fully saturated rings. The Kier molecular flexibility index (Phi) is 2.76. The normalized spacial score (nSPS) is 24.3. The van der Waals surface area contributed by atoms with Crippen molar-refractivity contribution in [2.75, 3.05) is 0 Å². The second-order valence-corrected chi connectivity index (χ2v) is 4.39. The number of benzene rings is 1. The summed E-state index contributed by atoms with van der Waals surface area (Å²) in [5, 5.41) is 0. The van der Waals surface area contributed by atoms with Gasteiger partial charge in [0.15, 0.2) is 0 Å². The van der Waals surface area contributed by atoms with Crippen molar-refractivity contribution >= 4 is 0 Å². The van der Waals surface area contributed by atoms with E-state index in [-0.39, 0.29) is 18.8 Å². The Labute approximate surface area is 89.3 Å². The van der Waals surface area contributed by atoms with Crippen LogP contribution in [-0.2, 0) is 6.42 Å². The Hall–Kier alpha value is -0.920. The molecule has 1 aliphatic carbocycles. The summed E-state index contributed by atoms with van der Waals surface area (Å²) in [4.78, 5) is 0. The molecule has 0 bridgehead atoms. The largest absolute Gasteiger partial charge is 0.248 e. The van der Waals surface area contributed by atoms with Crippen molar-refractivity contribution in [1.82, 2.24) is 0 Å². The molecular weight excluding hydrogens is 194 g/mol. The maximum atomic E-state index is 13.0. The van der Waals surface area contributed by atoms with Crippen LogP contribution in [0.25, 0.3) is 0 Å². The molecule has 1 atom stereocenters. The average molecular weight is 210 g/mol. The topological polar surface area (TPSA) is 0 Å². The summed E-state index contributed by atoms with van der Waals surface area (Å²) >= 11 is 0. The number of hydrogen-bond acceptors (Lipinski definition) is 0. The minimum Gasteiger partial charge on any atom is -0.207 e. The van der Waals surface area contributed by atoms with E-state index in [4.69, 9.17) is 0 Å². The summed E-state index contributed by atoms with van der Waals surface area (Å²) in [5.74, 6) is -2.38. The highest BCUT2D eigenvalue weighted by atomic mass is 19.3. The fourth-order valence-corrected chi connectivity index (χ4v) is 2.26. The highest BCUT2D eigenvalue weighted by molar-refractivity contribution is 5.26. The molecule has 0 heterocycles. The molecule has 0 amide bonds. The minimum absolute atomic E-state index is 0.0263. The third kappa shape index (κ3) is 2.36. The van der Waals surface area contributed by atoms with Gasteiger partial charge in [-0.3, -0.25) is 0 Å². The lowest BCUT2D eigenvalue weighted by molar-refractivity contribution is 0.00777. The molecule has 1 unspecified atom stereocenters. The second-order valence-electron chi connectivity index (χ2n) is 4.39. The molecule has 1 saturated carbocycles. The number of hydrogen-bond donors (Lipinski definition) is 0. The van der Waals surface area contributed by atoms with Gasteiger partial charge in [0.05, 0.1) is 0 Å². The van der Waals surface area contributed by atoms with Crippen LogP contribution < -0.4 is 0 Å². The maximum Gasteiger partial charge on any atom is 0.248 e. The smallest absolute Gasteiger partial charge is 0.207 e. The van der Waals surface area contributed by atoms with Crippen LogP contribution >= 0.6 is 0 Å². The molecule has 0 nitrogen and oxygen atoms in total. The second kappa shape index (κ2) is 3.92. The van der Waals surface area contributed by atoms with Crippen LogP contribution in [0.15, 0.2) is 24.3 Å². The molecule has 0 spiro atoms. The molecule has 2 rings (SSSR count). The predicted molar refractivity (Wildman–Crippen MR) is 57.4 cm³/mol. The first-order chi connectivity index (χ1) is 7.11. The SMILES string of the molecule is CCc1ccc(C2CCC(F)(F)C2)cc1. The molecule has 0 aromatic heterocycles. The molecule has 1 aromatic rings. The number of rotatable bonds is 2. The molecule has 82 valence electrons. The summed E-state index contributed by atoms with van der Waals surface area (Å²) in [5.41, 5.74) is 2.34. The number of aryl methyl sites for hydroxylation is 1. The molecule has 0 radical (unpaired) electrons. The van der Waals surface area contributed by atoms with Crippen LogP contribution in [0.3, 0.4) is 0 Å². The highest BCUT2D eigenvalue weighted by Gasteiger charge is 2.39. The van der Waals surface area contributed by atoms with E-state index in [1.54, 1.807) is 0 Å². The molecule has 1 aliphatic rings. The zero-order chi connectivity index (χ0) is 10.9. The Morgan fingerprint density at radius 3 is 2.40 bits per heavy atom. The first-order valence-electron chi connectivity index (χ1n) is 5.57. The van der Waals surface area contributed by atoms with Gasteiger partial charge in [-0.1, -0.05) is 31.2 Å². The first kappa shape index (κ1) is 10.6. The van der Waals surface area contributed by atoms with Gasteiger partial charge in [-0.25, -0.2) is 8.78 Å². The van der Waals surface area contributed by atoms with Crippen molar-refractivity contribution in [2.24, 2.45) is 0 Å². The number of alkyl halides is 2. The standard InChI is InChI=1S/C13H16F2/c1-2-10-3-5-11(6-4-10)12-7-8-13(14,15)9-12/h3-6,12H,2,7-9H2,1H3. The zero-order valence-electron chi connectivity index (χ0n) is 8.97. The molecule has 15 heavy (non-hydrogen) atoms. The van der Waals surface area contributed by atoms with Gasteiger partial charge < -0.3 is 0 Å². The van der Waals surface area contributed by atoms with E-state index in [1.165, 1.54) is 5.56 Å². The molecular formula is C13H16F2. The molecule has 0 aliphatic heterocycles. The van der Waals surface area contributed by atoms with Gasteiger partial charge in [-0.15, -0.1) is 0 Å². The summed E-state index contributed by atoms with van der Waals surface area (Å²) in [6.45, 7) is 2.10. The predicted octanol–water partition coefficient (Wildman–Crippen LogP) is 4.15. The van der Waals surface area contributed by atoms with Crippen LogP contribution in [0.5, 0.6) is 0 Å². The average Bonchev–Trinajstić information content (AvgIpc) is 2.59. The highest BCUT2D eigenvalue weighted by Crippen LogP contribution is 2.44. The van der Waals surface area contributed by atoms with Gasteiger partial charge in [-0.05, 0) is 29.9 Å². The van der Waals surface area contributed by atoms with Gasteiger partial charge in [0.1, 0.15) is 0 Å². The monoisotopic (exact) mass is 210 g/mol. The summed E-state index contributed by atoms with van der Waals surface area (Å²) < 4.78 is 26.1. The van der Waals surface area contributed by atoms with E-state index >= 15 is 0 Å². The van der Waals surface area contributed by atoms with Crippen molar-refractivity contribution in [3.05, 3.63) is 35.4 Å². The van der Waals surface area contributed by atoms with Crippen LogP contribution in [-0.4, -0.2) is 5.92 Å². The van der Waals surface area contributed by atoms with Crippen molar-refractivity contribution in [2.45, 2.75) is 44.4 Å². The van der Waals surface area contributed by atoms with E-state index in [9.17, 15) is 8.78 Å². The zero-order valence-corrected chi connectivity index (χ0v) is 8.97. The van der Waals surface area contributed by atoms with E-state index in [0.717, 1.165) is 12.0 Å². The Bertz CT molecular complexity index is 327. The van der Waals surface area contributed by atoms with Crippen molar-refractivity contribution in [3.8, 4) is 0 Å². The van der Waals surface area contributed by atoms with Crippen molar-refractivity contribution < 1.29 is 8.78 Å². The molecule has 1 aromatic carbocycles. The third-order valence-electron chi connectivity index (χ3n) is 3.26. The van der Waals surface area contributed by atoms with E-state index in [1.807, 2.05) is 24.3 Å². The lowest BCUT2D eigenvalue weighted by Gasteiger charge is -2.11. The van der Waals surface area contributed by atoms with Crippen LogP contribution in [0, 0.1) is 0 Å². The Balaban J connectivity index is 2.11. The fourth-order valence-electron chi connectivity index (χ4n) is 2.26. The Morgan fingerprint density at radius 2 is 1.93 bits per heavy atom. The van der Waals surface area contributed by atoms with Crippen LogP contribution in [0.2, 0.25) is 0 Å². The minimum atomic E-state index is -2.44. The van der Waals surface area contributed by atoms with E-state index in [2.05, 4.69) is 6.92 Å². The fraction of sp³-hybridized carbons (Fsp3) is 0.538. The summed E-state index contributed by atoms with van der Waals surface area (Å²) in [6.07, 6.45) is 1.70. The first-order valence-corrected chi connectivity index (χ1v) is 5.57. The van der Waals surface area contributed by atoms with Gasteiger partial charge >= 0.3 is 0 Å². The lowest BCUT2D eigenvalue weighted by atomic mass is 9.96. The lowest BCUT2D eigenvalue weighted by Crippen LogP contribution is -2.09. The van der Waals surface area contributed by atoms with Gasteiger partial charge in [0.2, 0.25) is 5.92 Å². The van der Waals surface area contributed by atoms with Crippen LogP contribution in [0.1, 0.15) is 43.2 Å². The van der Waals surface area contributed by atoms with Crippen molar-refractivity contribution in [3.63, 3.8) is 0 Å². The summed E-state index contributed by atoms with van der Waals surface area (Å²) in [7, 11) is 0. The summed E-state index contributed by atoms with van der Waals surface area (Å²) in [6, 6.07) is 8.10. The quantitative estimate of drug-likeness (QED) is 0.687. The molecule has 2 heteroatoms. The number of halogens is 2. The molecule has 0 saturated heterocycles. The van der Waals surface area contributed by atoms with E-state index in [0.29, 0.717) is 6.42 Å². The van der Waals surface area contributed by atoms with Crippen molar-refractivity contribution in [1.29, 1.82) is 0 Å². The van der Waals surface area contributed by atoms with Gasteiger partial charge in [0, 0.05) is 12.8 Å². The maximum absolute atomic E-state index is 13.0. The molecule has 0 N–H and O–H groups in total. The Morgan fingerprint density at radius 1 is 1.27 bits per heavy atom. The van der Waals surface area contributed by atoms with E-state index < -0.39 is 5.92 Å². The third-order valence-corrected chi connectivity index (χ3v) is 3.26. The van der Waals surface area contributed by atoms with Gasteiger partial charge in [-0.2, -0.15) is 0 Å².